The molecular weight excluding hydrogens is 344 g/mol. The first-order valence-corrected chi connectivity index (χ1v) is 10.7. The van der Waals surface area contributed by atoms with Crippen molar-refractivity contribution in [2.24, 2.45) is 0 Å². The Labute approximate surface area is 158 Å². The molecule has 0 spiro atoms. The van der Waals surface area contributed by atoms with Gasteiger partial charge in [0.2, 0.25) is 0 Å². The molecule has 2 aliphatic rings. The molecule has 0 radical (unpaired) electrons. The van der Waals surface area contributed by atoms with Crippen LogP contribution in [0.25, 0.3) is 10.6 Å². The first-order chi connectivity index (χ1) is 12.8. The molecule has 0 bridgehead atoms. The van der Waals surface area contributed by atoms with Gasteiger partial charge in [-0.15, -0.1) is 11.3 Å². The van der Waals surface area contributed by atoms with Crippen LogP contribution in [0.15, 0.2) is 23.7 Å². The molecule has 2 fully saturated rings. The van der Waals surface area contributed by atoms with Gasteiger partial charge in [-0.05, 0) is 37.8 Å². The van der Waals surface area contributed by atoms with Gasteiger partial charge < -0.3 is 10.2 Å². The minimum atomic E-state index is -0.0341. The Balaban J connectivity index is 1.45. The highest BCUT2D eigenvalue weighted by atomic mass is 32.1. The van der Waals surface area contributed by atoms with Crippen molar-refractivity contribution in [2.45, 2.75) is 57.4 Å². The summed E-state index contributed by atoms with van der Waals surface area (Å²) in [7, 11) is 0. The third kappa shape index (κ3) is 4.06. The van der Waals surface area contributed by atoms with Gasteiger partial charge in [0, 0.05) is 36.3 Å². The van der Waals surface area contributed by atoms with E-state index in [1.165, 1.54) is 49.9 Å². The second-order valence-corrected chi connectivity index (χ2v) is 8.15. The standard InChI is InChI=1S/C20H26N4OS/c25-19(22-16-7-3-1-2-4-8-16)17-14-26-20(23-17)15-9-10-21-18(13-15)24-11-5-6-12-24/h9-10,13-14,16H,1-8,11-12H2,(H,22,25). The first-order valence-electron chi connectivity index (χ1n) is 9.77. The topological polar surface area (TPSA) is 58.1 Å². The van der Waals surface area contributed by atoms with Crippen molar-refractivity contribution in [3.05, 3.63) is 29.4 Å². The Hall–Kier alpha value is -1.95. The summed E-state index contributed by atoms with van der Waals surface area (Å²) < 4.78 is 0. The van der Waals surface area contributed by atoms with Crippen LogP contribution in [0, 0.1) is 0 Å². The predicted octanol–water partition coefficient (Wildman–Crippen LogP) is 4.26. The molecule has 1 saturated heterocycles. The lowest BCUT2D eigenvalue weighted by Crippen LogP contribution is -2.34. The summed E-state index contributed by atoms with van der Waals surface area (Å²) in [5.74, 6) is 0.980. The minimum Gasteiger partial charge on any atom is -0.357 e. The van der Waals surface area contributed by atoms with E-state index in [4.69, 9.17) is 0 Å². The molecule has 0 atom stereocenters. The van der Waals surface area contributed by atoms with Crippen molar-refractivity contribution in [2.75, 3.05) is 18.0 Å². The van der Waals surface area contributed by atoms with E-state index < -0.39 is 0 Å². The van der Waals surface area contributed by atoms with Crippen LogP contribution in [0.5, 0.6) is 0 Å². The van der Waals surface area contributed by atoms with Crippen molar-refractivity contribution in [3.63, 3.8) is 0 Å². The number of thiazole rings is 1. The lowest BCUT2D eigenvalue weighted by molar-refractivity contribution is 0.0929. The number of pyridine rings is 1. The Morgan fingerprint density at radius 2 is 1.88 bits per heavy atom. The maximum atomic E-state index is 12.6. The molecule has 2 aromatic heterocycles. The third-order valence-electron chi connectivity index (χ3n) is 5.35. The number of carbonyl (C=O) groups excluding carboxylic acids is 1. The molecule has 6 heteroatoms. The molecule has 4 rings (SSSR count). The average molecular weight is 371 g/mol. The van der Waals surface area contributed by atoms with Crippen LogP contribution in [0.3, 0.4) is 0 Å². The van der Waals surface area contributed by atoms with Gasteiger partial charge in [-0.3, -0.25) is 4.79 Å². The zero-order valence-corrected chi connectivity index (χ0v) is 15.9. The summed E-state index contributed by atoms with van der Waals surface area (Å²) in [5, 5.41) is 5.94. The molecule has 0 aromatic carbocycles. The highest BCUT2D eigenvalue weighted by Crippen LogP contribution is 2.27. The quantitative estimate of drug-likeness (QED) is 0.817. The Kier molecular flexibility index (Phi) is 5.48. The number of rotatable bonds is 4. The monoisotopic (exact) mass is 370 g/mol. The van der Waals surface area contributed by atoms with Crippen LogP contribution < -0.4 is 10.2 Å². The Bertz CT molecular complexity index is 746. The Morgan fingerprint density at radius 1 is 1.12 bits per heavy atom. The molecule has 138 valence electrons. The fourth-order valence-corrected chi connectivity index (χ4v) is 4.66. The maximum Gasteiger partial charge on any atom is 0.270 e. The molecule has 3 heterocycles. The summed E-state index contributed by atoms with van der Waals surface area (Å²) >= 11 is 1.53. The van der Waals surface area contributed by atoms with E-state index >= 15 is 0 Å². The van der Waals surface area contributed by atoms with Crippen molar-refractivity contribution >= 4 is 23.1 Å². The van der Waals surface area contributed by atoms with Crippen molar-refractivity contribution in [1.29, 1.82) is 0 Å². The van der Waals surface area contributed by atoms with Gasteiger partial charge in [0.1, 0.15) is 16.5 Å². The highest BCUT2D eigenvalue weighted by molar-refractivity contribution is 7.13. The molecule has 5 nitrogen and oxygen atoms in total. The highest BCUT2D eigenvalue weighted by Gasteiger charge is 2.19. The van der Waals surface area contributed by atoms with Crippen LogP contribution in [0.2, 0.25) is 0 Å². The fourth-order valence-electron chi connectivity index (χ4n) is 3.86. The molecule has 1 N–H and O–H groups in total. The molecule has 1 saturated carbocycles. The first kappa shape index (κ1) is 17.5. The minimum absolute atomic E-state index is 0.0341. The predicted molar refractivity (Wildman–Crippen MR) is 106 cm³/mol. The van der Waals surface area contributed by atoms with Crippen LogP contribution in [0.4, 0.5) is 5.82 Å². The fraction of sp³-hybridized carbons (Fsp3) is 0.550. The summed E-state index contributed by atoms with van der Waals surface area (Å²) in [4.78, 5) is 24.0. The molecule has 0 unspecified atom stereocenters. The van der Waals surface area contributed by atoms with E-state index in [9.17, 15) is 4.79 Å². The number of aromatic nitrogens is 2. The molecule has 1 amide bonds. The van der Waals surface area contributed by atoms with Crippen LogP contribution >= 0.6 is 11.3 Å². The number of carbonyl (C=O) groups is 1. The van der Waals surface area contributed by atoms with Crippen LogP contribution in [0.1, 0.15) is 61.9 Å². The summed E-state index contributed by atoms with van der Waals surface area (Å²) in [6.07, 6.45) is 11.5. The molecule has 1 aliphatic heterocycles. The number of nitrogens with zero attached hydrogens (tertiary/aromatic N) is 3. The van der Waals surface area contributed by atoms with E-state index in [2.05, 4.69) is 26.3 Å². The maximum absolute atomic E-state index is 12.6. The summed E-state index contributed by atoms with van der Waals surface area (Å²) in [6, 6.07) is 4.38. The lowest BCUT2D eigenvalue weighted by Gasteiger charge is -2.16. The normalized spacial score (nSPS) is 18.7. The van der Waals surface area contributed by atoms with Gasteiger partial charge in [0.05, 0.1) is 0 Å². The van der Waals surface area contributed by atoms with E-state index in [1.54, 1.807) is 0 Å². The van der Waals surface area contributed by atoms with Crippen molar-refractivity contribution in [1.82, 2.24) is 15.3 Å². The number of anilines is 1. The smallest absolute Gasteiger partial charge is 0.270 e. The average Bonchev–Trinajstić information content (AvgIpc) is 3.31. The molecule has 2 aromatic rings. The third-order valence-corrected chi connectivity index (χ3v) is 6.24. The van der Waals surface area contributed by atoms with E-state index in [0.717, 1.165) is 42.3 Å². The van der Waals surface area contributed by atoms with E-state index in [-0.39, 0.29) is 5.91 Å². The number of hydrogen-bond acceptors (Lipinski definition) is 5. The van der Waals surface area contributed by atoms with Gasteiger partial charge >= 0.3 is 0 Å². The number of nitrogens with one attached hydrogen (secondary N) is 1. The van der Waals surface area contributed by atoms with Crippen LogP contribution in [-0.2, 0) is 0 Å². The largest absolute Gasteiger partial charge is 0.357 e. The summed E-state index contributed by atoms with van der Waals surface area (Å²) in [6.45, 7) is 2.15. The zero-order chi connectivity index (χ0) is 17.8. The number of amides is 1. The zero-order valence-electron chi connectivity index (χ0n) is 15.1. The summed E-state index contributed by atoms with van der Waals surface area (Å²) in [5.41, 5.74) is 1.58. The van der Waals surface area contributed by atoms with Gasteiger partial charge in [0.25, 0.3) is 5.91 Å². The SMILES string of the molecule is O=C(NC1CCCCCC1)c1csc(-c2ccnc(N3CCCC3)c2)n1. The van der Waals surface area contributed by atoms with Crippen molar-refractivity contribution < 1.29 is 4.79 Å². The Morgan fingerprint density at radius 3 is 2.65 bits per heavy atom. The van der Waals surface area contributed by atoms with E-state index in [1.807, 2.05) is 17.6 Å². The molecule has 1 aliphatic carbocycles. The van der Waals surface area contributed by atoms with Gasteiger partial charge in [-0.25, -0.2) is 9.97 Å². The van der Waals surface area contributed by atoms with Crippen molar-refractivity contribution in [3.8, 4) is 10.6 Å². The number of hydrogen-bond donors (Lipinski definition) is 1. The molecular formula is C20H26N4OS. The lowest BCUT2D eigenvalue weighted by atomic mass is 10.1. The second kappa shape index (κ2) is 8.16. The van der Waals surface area contributed by atoms with Gasteiger partial charge in [-0.1, -0.05) is 25.7 Å². The van der Waals surface area contributed by atoms with E-state index in [0.29, 0.717) is 11.7 Å². The molecule has 26 heavy (non-hydrogen) atoms. The van der Waals surface area contributed by atoms with Gasteiger partial charge in [-0.2, -0.15) is 0 Å². The second-order valence-electron chi connectivity index (χ2n) is 7.30. The van der Waals surface area contributed by atoms with Crippen LogP contribution in [-0.4, -0.2) is 35.0 Å². The van der Waals surface area contributed by atoms with Gasteiger partial charge in [0.15, 0.2) is 0 Å².